The van der Waals surface area contributed by atoms with Gasteiger partial charge in [0, 0.05) is 37.1 Å². The third kappa shape index (κ3) is 6.08. The van der Waals surface area contributed by atoms with Crippen LogP contribution in [0.1, 0.15) is 57.6 Å². The van der Waals surface area contributed by atoms with Crippen molar-refractivity contribution in [3.63, 3.8) is 0 Å². The number of amides is 1. The van der Waals surface area contributed by atoms with E-state index in [1.807, 2.05) is 48.2 Å². The second-order valence-electron chi connectivity index (χ2n) is 9.35. The lowest BCUT2D eigenvalue weighted by molar-refractivity contribution is -0.132. The van der Waals surface area contributed by atoms with Crippen LogP contribution in [0.5, 0.6) is 11.5 Å². The van der Waals surface area contributed by atoms with Gasteiger partial charge in [-0.25, -0.2) is 0 Å². The minimum Gasteiger partial charge on any atom is -0.497 e. The summed E-state index contributed by atoms with van der Waals surface area (Å²) >= 11 is 0. The molecule has 1 saturated heterocycles. The molecule has 1 aliphatic rings. The summed E-state index contributed by atoms with van der Waals surface area (Å²) < 4.78 is 17.2. The third-order valence-electron chi connectivity index (χ3n) is 6.97. The Morgan fingerprint density at radius 3 is 2.48 bits per heavy atom. The van der Waals surface area contributed by atoms with E-state index >= 15 is 0 Å². The van der Waals surface area contributed by atoms with Crippen molar-refractivity contribution in [1.29, 1.82) is 0 Å². The Kier molecular flexibility index (Phi) is 8.79. The molecular formula is C28H39NO4. The number of nitrogens with zero attached hydrogens (tertiary/aromatic N) is 1. The van der Waals surface area contributed by atoms with Gasteiger partial charge < -0.3 is 19.1 Å². The first kappa shape index (κ1) is 25.1. The molecule has 0 unspecified atom stereocenters. The molecule has 0 aliphatic carbocycles. The lowest BCUT2D eigenvalue weighted by atomic mass is 9.68. The molecule has 0 bridgehead atoms. The van der Waals surface area contributed by atoms with E-state index in [2.05, 4.69) is 26.0 Å². The predicted molar refractivity (Wildman–Crippen MR) is 132 cm³/mol. The van der Waals surface area contributed by atoms with E-state index in [9.17, 15) is 4.79 Å². The number of hydrogen-bond donors (Lipinski definition) is 0. The fourth-order valence-electron chi connectivity index (χ4n) is 4.88. The van der Waals surface area contributed by atoms with E-state index in [0.29, 0.717) is 25.4 Å². The molecule has 0 aromatic heterocycles. The van der Waals surface area contributed by atoms with Gasteiger partial charge in [0.1, 0.15) is 11.5 Å². The van der Waals surface area contributed by atoms with Crippen molar-refractivity contribution in [3.05, 3.63) is 59.7 Å². The van der Waals surface area contributed by atoms with Crippen LogP contribution in [0.2, 0.25) is 0 Å². The molecule has 3 rings (SSSR count). The van der Waals surface area contributed by atoms with Crippen molar-refractivity contribution in [2.75, 3.05) is 27.4 Å². The summed E-state index contributed by atoms with van der Waals surface area (Å²) in [5, 5.41) is 0. The zero-order valence-electron chi connectivity index (χ0n) is 20.8. The minimum atomic E-state index is -0.0913. The largest absolute Gasteiger partial charge is 0.497 e. The van der Waals surface area contributed by atoms with Gasteiger partial charge in [-0.2, -0.15) is 0 Å². The Balaban J connectivity index is 1.87. The lowest BCUT2D eigenvalue weighted by Gasteiger charge is -2.44. The smallest absolute Gasteiger partial charge is 0.222 e. The van der Waals surface area contributed by atoms with E-state index in [1.54, 1.807) is 14.2 Å². The normalized spacial score (nSPS) is 20.5. The summed E-state index contributed by atoms with van der Waals surface area (Å²) in [5.41, 5.74) is 2.25. The molecule has 5 nitrogen and oxygen atoms in total. The van der Waals surface area contributed by atoms with Crippen molar-refractivity contribution >= 4 is 5.91 Å². The van der Waals surface area contributed by atoms with Gasteiger partial charge in [-0.3, -0.25) is 4.79 Å². The number of rotatable bonds is 10. The summed E-state index contributed by atoms with van der Waals surface area (Å²) in [5.74, 6) is 2.36. The number of benzene rings is 2. The molecular weight excluding hydrogens is 414 g/mol. The van der Waals surface area contributed by atoms with E-state index in [-0.39, 0.29) is 17.4 Å². The van der Waals surface area contributed by atoms with Gasteiger partial charge in [-0.05, 0) is 48.9 Å². The second-order valence-corrected chi connectivity index (χ2v) is 9.35. The maximum Gasteiger partial charge on any atom is 0.222 e. The van der Waals surface area contributed by atoms with Crippen LogP contribution in [-0.2, 0) is 21.5 Å². The van der Waals surface area contributed by atoms with Crippen LogP contribution in [-0.4, -0.2) is 44.3 Å². The van der Waals surface area contributed by atoms with Crippen LogP contribution >= 0.6 is 0 Å². The summed E-state index contributed by atoms with van der Waals surface area (Å²) in [4.78, 5) is 14.9. The number of hydrogen-bond acceptors (Lipinski definition) is 4. The van der Waals surface area contributed by atoms with E-state index in [4.69, 9.17) is 14.2 Å². The zero-order valence-corrected chi connectivity index (χ0v) is 20.8. The maximum absolute atomic E-state index is 12.9. The Hall–Kier alpha value is -2.53. The molecule has 5 heteroatoms. The first-order valence-corrected chi connectivity index (χ1v) is 12.1. The molecule has 0 N–H and O–H groups in total. The quantitative estimate of drug-likeness (QED) is 0.469. The fraction of sp³-hybridized carbons (Fsp3) is 0.536. The summed E-state index contributed by atoms with van der Waals surface area (Å²) in [6.07, 6.45) is 3.42. The van der Waals surface area contributed by atoms with Gasteiger partial charge in [-0.15, -0.1) is 0 Å². The van der Waals surface area contributed by atoms with E-state index in [0.717, 1.165) is 42.9 Å². The number of methoxy groups -OCH3 is 2. The number of ether oxygens (including phenoxy) is 3. The van der Waals surface area contributed by atoms with Gasteiger partial charge in [0.2, 0.25) is 5.91 Å². The highest BCUT2D eigenvalue weighted by atomic mass is 16.5. The van der Waals surface area contributed by atoms with Crippen molar-refractivity contribution in [3.8, 4) is 11.5 Å². The number of para-hydroxylation sites is 1. The summed E-state index contributed by atoms with van der Waals surface area (Å²) in [7, 11) is 3.40. The highest BCUT2D eigenvalue weighted by Gasteiger charge is 2.41. The molecule has 33 heavy (non-hydrogen) atoms. The molecule has 1 amide bonds. The molecule has 1 fully saturated rings. The summed E-state index contributed by atoms with van der Waals surface area (Å²) in [6, 6.07) is 16.3. The first-order chi connectivity index (χ1) is 15.9. The van der Waals surface area contributed by atoms with Crippen LogP contribution in [0.15, 0.2) is 48.5 Å². The number of carbonyl (C=O) groups excluding carboxylic acids is 1. The Labute approximate surface area is 199 Å². The fourth-order valence-corrected chi connectivity index (χ4v) is 4.88. The van der Waals surface area contributed by atoms with Crippen LogP contribution in [0.25, 0.3) is 0 Å². The molecule has 2 aromatic rings. The monoisotopic (exact) mass is 453 g/mol. The molecule has 2 atom stereocenters. The van der Waals surface area contributed by atoms with Crippen molar-refractivity contribution < 1.29 is 19.0 Å². The van der Waals surface area contributed by atoms with Crippen LogP contribution < -0.4 is 9.47 Å². The first-order valence-electron chi connectivity index (χ1n) is 12.1. The zero-order chi connectivity index (χ0) is 23.8. The van der Waals surface area contributed by atoms with Crippen LogP contribution in [0, 0.1) is 5.92 Å². The van der Waals surface area contributed by atoms with Gasteiger partial charge >= 0.3 is 0 Å². The molecule has 1 heterocycles. The molecule has 2 aromatic carbocycles. The molecule has 180 valence electrons. The van der Waals surface area contributed by atoms with Crippen LogP contribution in [0.3, 0.4) is 0 Å². The average Bonchev–Trinajstić information content (AvgIpc) is 2.86. The van der Waals surface area contributed by atoms with E-state index < -0.39 is 0 Å². The Bertz CT molecular complexity index is 895. The highest BCUT2D eigenvalue weighted by molar-refractivity contribution is 5.75. The minimum absolute atomic E-state index is 0.0913. The average molecular weight is 454 g/mol. The van der Waals surface area contributed by atoms with Gasteiger partial charge in [0.25, 0.3) is 0 Å². The number of carbonyl (C=O) groups is 1. The molecule has 0 spiro atoms. The van der Waals surface area contributed by atoms with Crippen molar-refractivity contribution in [2.24, 2.45) is 5.92 Å². The molecule has 1 aliphatic heterocycles. The third-order valence-corrected chi connectivity index (χ3v) is 6.97. The highest BCUT2D eigenvalue weighted by Crippen LogP contribution is 2.45. The second kappa shape index (κ2) is 11.6. The standard InChI is InChI=1S/C28H39NO4/c1-6-27(30)29(20-22-11-13-23(31-4)14-12-22)17-15-28(16-18-33-26(19-28)21(2)3)24-9-7-8-10-25(24)32-5/h7-14,21,26H,6,15-20H2,1-5H3/t26-,28+/m1/s1. The maximum atomic E-state index is 12.9. The SMILES string of the molecule is CCC(=O)N(CC[C@]1(c2ccccc2OC)CCO[C@@H](C(C)C)C1)Cc1ccc(OC)cc1. The van der Waals surface area contributed by atoms with Gasteiger partial charge in [-0.1, -0.05) is 51.1 Å². The van der Waals surface area contributed by atoms with Crippen molar-refractivity contribution in [1.82, 2.24) is 4.90 Å². The Morgan fingerprint density at radius 1 is 1.12 bits per heavy atom. The lowest BCUT2D eigenvalue weighted by Crippen LogP contribution is -2.44. The topological polar surface area (TPSA) is 48.0 Å². The molecule has 0 saturated carbocycles. The summed E-state index contributed by atoms with van der Waals surface area (Å²) in [6.45, 7) is 8.40. The Morgan fingerprint density at radius 2 is 1.85 bits per heavy atom. The predicted octanol–water partition coefficient (Wildman–Crippen LogP) is 5.61. The van der Waals surface area contributed by atoms with Crippen molar-refractivity contribution in [2.45, 2.75) is 64.5 Å². The van der Waals surface area contributed by atoms with Crippen LogP contribution in [0.4, 0.5) is 0 Å². The van der Waals surface area contributed by atoms with Gasteiger partial charge in [0.15, 0.2) is 0 Å². The van der Waals surface area contributed by atoms with Gasteiger partial charge in [0.05, 0.1) is 20.3 Å². The van der Waals surface area contributed by atoms with E-state index in [1.165, 1.54) is 5.56 Å². The molecule has 0 radical (unpaired) electrons.